The second-order valence-corrected chi connectivity index (χ2v) is 7.33. The number of carbonyl (C=O) groups excluding carboxylic acids is 1. The number of rotatable bonds is 3. The third-order valence-corrected chi connectivity index (χ3v) is 5.31. The topological polar surface area (TPSA) is 48.0 Å². The van der Waals surface area contributed by atoms with E-state index in [0.717, 1.165) is 37.3 Å². The summed E-state index contributed by atoms with van der Waals surface area (Å²) in [6.07, 6.45) is 3.96. The van der Waals surface area contributed by atoms with E-state index < -0.39 is 0 Å². The number of hydrogen-bond donors (Lipinski definition) is 0. The molecule has 0 unspecified atom stereocenters. The number of hydrogen-bond acceptors (Lipinski definition) is 5. The molecule has 0 N–H and O–H groups in total. The molecule has 3 aliphatic heterocycles. The molecule has 0 radical (unpaired) electrons. The number of nitrogens with zero attached hydrogens (tertiary/aromatic N) is 1. The van der Waals surface area contributed by atoms with Gasteiger partial charge in [0.25, 0.3) is 0 Å². The Kier molecular flexibility index (Phi) is 4.37. The Morgan fingerprint density at radius 3 is 3.00 bits per heavy atom. The van der Waals surface area contributed by atoms with Crippen LogP contribution in [-0.4, -0.2) is 36.7 Å². The SMILES string of the molecule is O=C1/C(=C/c2cccc(F)c2)Oc2c1ccc1c2CN(C[C@@H]2CCCO2)CO1. The molecule has 28 heavy (non-hydrogen) atoms. The lowest BCUT2D eigenvalue weighted by Gasteiger charge is -2.31. The van der Waals surface area contributed by atoms with Gasteiger partial charge in [0.2, 0.25) is 5.78 Å². The number of ether oxygens (including phenoxy) is 3. The van der Waals surface area contributed by atoms with Gasteiger partial charge in [-0.1, -0.05) is 12.1 Å². The number of ketones is 1. The molecule has 6 heteroatoms. The van der Waals surface area contributed by atoms with E-state index in [-0.39, 0.29) is 23.5 Å². The second-order valence-electron chi connectivity index (χ2n) is 7.33. The van der Waals surface area contributed by atoms with Crippen LogP contribution in [0, 0.1) is 5.82 Å². The van der Waals surface area contributed by atoms with Crippen LogP contribution >= 0.6 is 0 Å². The summed E-state index contributed by atoms with van der Waals surface area (Å²) in [6.45, 7) is 2.74. The molecule has 5 nitrogen and oxygen atoms in total. The summed E-state index contributed by atoms with van der Waals surface area (Å²) in [7, 11) is 0. The molecule has 5 rings (SSSR count). The molecule has 1 fully saturated rings. The average molecular weight is 381 g/mol. The molecule has 2 aromatic carbocycles. The van der Waals surface area contributed by atoms with Crippen molar-refractivity contribution in [2.75, 3.05) is 19.9 Å². The number of allylic oxidation sites excluding steroid dienone is 1. The lowest BCUT2D eigenvalue weighted by Crippen LogP contribution is -2.37. The number of carbonyl (C=O) groups is 1. The van der Waals surface area contributed by atoms with E-state index >= 15 is 0 Å². The minimum Gasteiger partial charge on any atom is -0.478 e. The largest absolute Gasteiger partial charge is 0.478 e. The van der Waals surface area contributed by atoms with E-state index in [1.807, 2.05) is 6.07 Å². The molecule has 3 heterocycles. The van der Waals surface area contributed by atoms with Crippen molar-refractivity contribution in [3.05, 3.63) is 64.7 Å². The van der Waals surface area contributed by atoms with Crippen molar-refractivity contribution >= 4 is 11.9 Å². The fourth-order valence-corrected chi connectivity index (χ4v) is 3.95. The van der Waals surface area contributed by atoms with Gasteiger partial charge in [-0.3, -0.25) is 9.69 Å². The van der Waals surface area contributed by atoms with Gasteiger partial charge in [0.1, 0.15) is 24.0 Å². The summed E-state index contributed by atoms with van der Waals surface area (Å²) >= 11 is 0. The van der Waals surface area contributed by atoms with Crippen LogP contribution in [0.2, 0.25) is 0 Å². The smallest absolute Gasteiger partial charge is 0.231 e. The zero-order valence-corrected chi connectivity index (χ0v) is 15.3. The van der Waals surface area contributed by atoms with Crippen molar-refractivity contribution in [3.63, 3.8) is 0 Å². The van der Waals surface area contributed by atoms with E-state index in [0.29, 0.717) is 30.2 Å². The maximum Gasteiger partial charge on any atom is 0.231 e. The van der Waals surface area contributed by atoms with Gasteiger partial charge in [-0.05, 0) is 48.7 Å². The molecule has 0 spiro atoms. The Morgan fingerprint density at radius 1 is 1.25 bits per heavy atom. The van der Waals surface area contributed by atoms with Crippen LogP contribution in [0.1, 0.15) is 34.3 Å². The molecule has 1 saturated heterocycles. The zero-order chi connectivity index (χ0) is 19.1. The van der Waals surface area contributed by atoms with E-state index in [2.05, 4.69) is 4.90 Å². The second kappa shape index (κ2) is 7.04. The van der Waals surface area contributed by atoms with Crippen LogP contribution in [0.3, 0.4) is 0 Å². The first-order chi connectivity index (χ1) is 13.7. The van der Waals surface area contributed by atoms with Crippen LogP contribution in [-0.2, 0) is 11.3 Å². The normalized spacial score (nSPS) is 22.7. The van der Waals surface area contributed by atoms with E-state index in [1.165, 1.54) is 12.1 Å². The molecule has 0 aromatic heterocycles. The summed E-state index contributed by atoms with van der Waals surface area (Å²) in [5.41, 5.74) is 1.97. The minimum absolute atomic E-state index is 0.196. The van der Waals surface area contributed by atoms with Gasteiger partial charge in [-0.15, -0.1) is 0 Å². The molecule has 144 valence electrons. The Bertz CT molecular complexity index is 965. The van der Waals surface area contributed by atoms with Crippen LogP contribution < -0.4 is 9.47 Å². The molecule has 2 aromatic rings. The molecule has 3 aliphatic rings. The number of Topliss-reactive ketones (excluding diaryl/α,β-unsaturated/α-hetero) is 1. The minimum atomic E-state index is -0.354. The maximum absolute atomic E-state index is 13.4. The van der Waals surface area contributed by atoms with E-state index in [9.17, 15) is 9.18 Å². The first-order valence-corrected chi connectivity index (χ1v) is 9.50. The molecular formula is C22H20FNO4. The quantitative estimate of drug-likeness (QED) is 0.758. The summed E-state index contributed by atoms with van der Waals surface area (Å²) in [5, 5.41) is 0. The van der Waals surface area contributed by atoms with Crippen molar-refractivity contribution in [1.82, 2.24) is 4.90 Å². The third kappa shape index (κ3) is 3.19. The summed E-state index contributed by atoms with van der Waals surface area (Å²) in [4.78, 5) is 14.9. The lowest BCUT2D eigenvalue weighted by molar-refractivity contribution is 0.0274. The molecule has 0 bridgehead atoms. The maximum atomic E-state index is 13.4. The van der Waals surface area contributed by atoms with E-state index in [1.54, 1.807) is 24.3 Å². The van der Waals surface area contributed by atoms with Crippen molar-refractivity contribution in [1.29, 1.82) is 0 Å². The monoisotopic (exact) mass is 381 g/mol. The first kappa shape index (κ1) is 17.4. The highest BCUT2D eigenvalue weighted by Gasteiger charge is 2.34. The van der Waals surface area contributed by atoms with Crippen LogP contribution in [0.5, 0.6) is 11.5 Å². The third-order valence-electron chi connectivity index (χ3n) is 5.31. The highest BCUT2D eigenvalue weighted by molar-refractivity contribution is 6.15. The first-order valence-electron chi connectivity index (χ1n) is 9.50. The predicted octanol–water partition coefficient (Wildman–Crippen LogP) is 3.77. The van der Waals surface area contributed by atoms with Gasteiger partial charge in [-0.2, -0.15) is 0 Å². The Morgan fingerprint density at radius 2 is 2.18 bits per heavy atom. The number of halogens is 1. The molecule has 1 atom stereocenters. The molecule has 0 aliphatic carbocycles. The van der Waals surface area contributed by atoms with Crippen LogP contribution in [0.4, 0.5) is 4.39 Å². The molecular weight excluding hydrogens is 361 g/mol. The summed E-state index contributed by atoms with van der Waals surface area (Å²) in [5.74, 6) is 0.931. The van der Waals surface area contributed by atoms with Crippen molar-refractivity contribution in [2.45, 2.75) is 25.5 Å². The summed E-state index contributed by atoms with van der Waals surface area (Å²) < 4.78 is 31.0. The zero-order valence-electron chi connectivity index (χ0n) is 15.3. The van der Waals surface area contributed by atoms with Crippen LogP contribution in [0.25, 0.3) is 6.08 Å². The van der Waals surface area contributed by atoms with Gasteiger partial charge < -0.3 is 14.2 Å². The molecule has 0 amide bonds. The van der Waals surface area contributed by atoms with Gasteiger partial charge >= 0.3 is 0 Å². The fraction of sp³-hybridized carbons (Fsp3) is 0.318. The highest BCUT2D eigenvalue weighted by atomic mass is 19.1. The van der Waals surface area contributed by atoms with Crippen molar-refractivity contribution < 1.29 is 23.4 Å². The highest BCUT2D eigenvalue weighted by Crippen LogP contribution is 2.42. The van der Waals surface area contributed by atoms with Gasteiger partial charge in [0, 0.05) is 19.7 Å². The van der Waals surface area contributed by atoms with Crippen molar-refractivity contribution in [2.24, 2.45) is 0 Å². The Balaban J connectivity index is 1.42. The number of benzene rings is 2. The van der Waals surface area contributed by atoms with Gasteiger partial charge in [0.05, 0.1) is 17.2 Å². The Hall–Kier alpha value is -2.70. The average Bonchev–Trinajstić information content (AvgIpc) is 3.31. The summed E-state index contributed by atoms with van der Waals surface area (Å²) in [6, 6.07) is 9.63. The predicted molar refractivity (Wildman–Crippen MR) is 101 cm³/mol. The Labute approximate surface area is 162 Å². The standard InChI is InChI=1S/C22H20FNO4/c23-15-4-1-3-14(9-15)10-20-21(25)17-6-7-19-18(22(17)28-20)12-24(13-27-19)11-16-5-2-8-26-16/h1,3-4,6-7,9-10,16H,2,5,8,11-13H2/b20-10-/t16-/m0/s1. The van der Waals surface area contributed by atoms with Crippen LogP contribution in [0.15, 0.2) is 42.2 Å². The molecule has 0 saturated carbocycles. The fourth-order valence-electron chi connectivity index (χ4n) is 3.95. The number of fused-ring (bicyclic) bond motifs is 3. The lowest BCUT2D eigenvalue weighted by atomic mass is 10.0. The van der Waals surface area contributed by atoms with Gasteiger partial charge in [0.15, 0.2) is 5.76 Å². The van der Waals surface area contributed by atoms with Gasteiger partial charge in [-0.25, -0.2) is 4.39 Å². The van der Waals surface area contributed by atoms with E-state index in [4.69, 9.17) is 14.2 Å². The van der Waals surface area contributed by atoms with Crippen molar-refractivity contribution in [3.8, 4) is 11.5 Å².